The van der Waals surface area contributed by atoms with E-state index >= 15 is 0 Å². The van der Waals surface area contributed by atoms with Crippen molar-refractivity contribution in [3.8, 4) is 0 Å². The fourth-order valence-electron chi connectivity index (χ4n) is 1.44. The maximum Gasteiger partial charge on any atom is 0.198 e. The molecular weight excluding hydrogens is 287 g/mol. The minimum absolute atomic E-state index is 0.0333. The molecular formula is C12H8BrFN2O. The van der Waals surface area contributed by atoms with E-state index in [1.165, 1.54) is 12.3 Å². The molecule has 2 N–H and O–H groups in total. The first-order chi connectivity index (χ1) is 8.09. The Kier molecular flexibility index (Phi) is 3.19. The van der Waals surface area contributed by atoms with Gasteiger partial charge in [-0.15, -0.1) is 0 Å². The average molecular weight is 295 g/mol. The third-order valence-electron chi connectivity index (χ3n) is 2.28. The predicted molar refractivity (Wildman–Crippen MR) is 66.2 cm³/mol. The molecule has 0 amide bonds. The Labute approximate surface area is 106 Å². The first-order valence-electron chi connectivity index (χ1n) is 4.79. The average Bonchev–Trinajstić information content (AvgIpc) is 2.29. The number of benzene rings is 1. The van der Waals surface area contributed by atoms with Gasteiger partial charge in [-0.3, -0.25) is 9.78 Å². The van der Waals surface area contributed by atoms with Gasteiger partial charge in [-0.05, 0) is 24.3 Å². The van der Waals surface area contributed by atoms with Gasteiger partial charge in [-0.25, -0.2) is 4.39 Å². The lowest BCUT2D eigenvalue weighted by Crippen LogP contribution is -2.07. The number of anilines is 1. The van der Waals surface area contributed by atoms with Gasteiger partial charge in [0, 0.05) is 21.9 Å². The Morgan fingerprint density at radius 3 is 2.71 bits per heavy atom. The lowest BCUT2D eigenvalue weighted by Gasteiger charge is -2.05. The predicted octanol–water partition coefficient (Wildman–Crippen LogP) is 2.80. The van der Waals surface area contributed by atoms with Gasteiger partial charge < -0.3 is 5.73 Å². The van der Waals surface area contributed by atoms with Gasteiger partial charge in [-0.1, -0.05) is 15.9 Å². The standard InChI is InChI=1S/C12H8BrFN2O/c13-7-1-2-9(11(15)5-7)12(17)8-3-4-16-6-10(8)14/h1-6H,15H2. The summed E-state index contributed by atoms with van der Waals surface area (Å²) in [6.45, 7) is 0. The van der Waals surface area contributed by atoms with E-state index < -0.39 is 11.6 Å². The van der Waals surface area contributed by atoms with Crippen molar-refractivity contribution in [1.82, 2.24) is 4.98 Å². The van der Waals surface area contributed by atoms with Crippen molar-refractivity contribution < 1.29 is 9.18 Å². The Bertz CT molecular complexity index is 586. The van der Waals surface area contributed by atoms with Crippen LogP contribution in [0.25, 0.3) is 0 Å². The molecule has 0 aliphatic rings. The Morgan fingerprint density at radius 1 is 1.29 bits per heavy atom. The van der Waals surface area contributed by atoms with Crippen LogP contribution in [0.3, 0.4) is 0 Å². The molecule has 0 aliphatic heterocycles. The molecule has 0 atom stereocenters. The minimum Gasteiger partial charge on any atom is -0.398 e. The molecule has 0 aliphatic carbocycles. The first kappa shape index (κ1) is 11.7. The van der Waals surface area contributed by atoms with E-state index in [2.05, 4.69) is 20.9 Å². The molecule has 0 saturated carbocycles. The molecule has 17 heavy (non-hydrogen) atoms. The van der Waals surface area contributed by atoms with Crippen LogP contribution < -0.4 is 5.73 Å². The number of ketones is 1. The maximum absolute atomic E-state index is 13.4. The van der Waals surface area contributed by atoms with E-state index in [1.807, 2.05) is 0 Å². The van der Waals surface area contributed by atoms with Crippen LogP contribution in [0.5, 0.6) is 0 Å². The van der Waals surface area contributed by atoms with Crippen molar-refractivity contribution in [2.24, 2.45) is 0 Å². The quantitative estimate of drug-likeness (QED) is 0.684. The fraction of sp³-hybridized carbons (Fsp3) is 0. The molecule has 0 bridgehead atoms. The molecule has 5 heteroatoms. The normalized spacial score (nSPS) is 10.2. The van der Waals surface area contributed by atoms with E-state index in [0.29, 0.717) is 5.69 Å². The van der Waals surface area contributed by atoms with Gasteiger partial charge in [0.1, 0.15) is 0 Å². The summed E-state index contributed by atoms with van der Waals surface area (Å²) in [6.07, 6.45) is 2.37. The molecule has 0 saturated heterocycles. The Hall–Kier alpha value is -1.75. The lowest BCUT2D eigenvalue weighted by atomic mass is 10.0. The molecule has 0 unspecified atom stereocenters. The summed E-state index contributed by atoms with van der Waals surface area (Å²) in [4.78, 5) is 15.6. The van der Waals surface area contributed by atoms with Gasteiger partial charge >= 0.3 is 0 Å². The molecule has 1 heterocycles. The number of pyridine rings is 1. The number of carbonyl (C=O) groups excluding carboxylic acids is 1. The smallest absolute Gasteiger partial charge is 0.198 e. The molecule has 2 rings (SSSR count). The highest BCUT2D eigenvalue weighted by Crippen LogP contribution is 2.22. The number of halogens is 2. The molecule has 86 valence electrons. The summed E-state index contributed by atoms with van der Waals surface area (Å²) in [5, 5.41) is 0. The van der Waals surface area contributed by atoms with E-state index in [-0.39, 0.29) is 11.1 Å². The zero-order chi connectivity index (χ0) is 12.4. The summed E-state index contributed by atoms with van der Waals surface area (Å²) in [7, 11) is 0. The number of hydrogen-bond donors (Lipinski definition) is 1. The third kappa shape index (κ3) is 2.34. The first-order valence-corrected chi connectivity index (χ1v) is 5.58. The maximum atomic E-state index is 13.4. The highest BCUT2D eigenvalue weighted by Gasteiger charge is 2.16. The monoisotopic (exact) mass is 294 g/mol. The molecule has 0 fully saturated rings. The number of aromatic nitrogens is 1. The number of nitrogens with two attached hydrogens (primary N) is 1. The van der Waals surface area contributed by atoms with Crippen molar-refractivity contribution in [2.75, 3.05) is 5.73 Å². The van der Waals surface area contributed by atoms with Crippen LogP contribution in [-0.4, -0.2) is 10.8 Å². The van der Waals surface area contributed by atoms with E-state index in [1.54, 1.807) is 18.2 Å². The molecule has 3 nitrogen and oxygen atoms in total. The summed E-state index contributed by atoms with van der Waals surface area (Å²) in [5.41, 5.74) is 6.27. The second kappa shape index (κ2) is 4.63. The summed E-state index contributed by atoms with van der Waals surface area (Å²) < 4.78 is 14.2. The zero-order valence-corrected chi connectivity index (χ0v) is 10.2. The molecule has 1 aromatic carbocycles. The van der Waals surface area contributed by atoms with E-state index in [9.17, 15) is 9.18 Å². The molecule has 1 aromatic heterocycles. The third-order valence-corrected chi connectivity index (χ3v) is 2.77. The second-order valence-corrected chi connectivity index (χ2v) is 4.33. The molecule has 2 aromatic rings. The highest BCUT2D eigenvalue weighted by atomic mass is 79.9. The van der Waals surface area contributed by atoms with Gasteiger partial charge in [-0.2, -0.15) is 0 Å². The number of rotatable bonds is 2. The topological polar surface area (TPSA) is 56.0 Å². The Morgan fingerprint density at radius 2 is 2.06 bits per heavy atom. The number of nitrogens with zero attached hydrogens (tertiary/aromatic N) is 1. The van der Waals surface area contributed by atoms with Crippen molar-refractivity contribution >= 4 is 27.4 Å². The van der Waals surface area contributed by atoms with Crippen molar-refractivity contribution in [3.63, 3.8) is 0 Å². The van der Waals surface area contributed by atoms with Crippen LogP contribution in [0.2, 0.25) is 0 Å². The largest absolute Gasteiger partial charge is 0.398 e. The van der Waals surface area contributed by atoms with E-state index in [4.69, 9.17) is 5.73 Å². The second-order valence-electron chi connectivity index (χ2n) is 3.42. The van der Waals surface area contributed by atoms with Gasteiger partial charge in [0.2, 0.25) is 0 Å². The summed E-state index contributed by atoms with van der Waals surface area (Å²) in [6, 6.07) is 6.18. The molecule has 0 spiro atoms. The zero-order valence-electron chi connectivity index (χ0n) is 8.65. The summed E-state index contributed by atoms with van der Waals surface area (Å²) >= 11 is 3.24. The van der Waals surface area contributed by atoms with Crippen molar-refractivity contribution in [3.05, 3.63) is 58.1 Å². The SMILES string of the molecule is Nc1cc(Br)ccc1C(=O)c1ccncc1F. The van der Waals surface area contributed by atoms with Crippen LogP contribution >= 0.6 is 15.9 Å². The highest BCUT2D eigenvalue weighted by molar-refractivity contribution is 9.10. The lowest BCUT2D eigenvalue weighted by molar-refractivity contribution is 0.103. The van der Waals surface area contributed by atoms with Gasteiger partial charge in [0.25, 0.3) is 0 Å². The van der Waals surface area contributed by atoms with E-state index in [0.717, 1.165) is 10.7 Å². The van der Waals surface area contributed by atoms with Crippen molar-refractivity contribution in [2.45, 2.75) is 0 Å². The van der Waals surface area contributed by atoms with Crippen LogP contribution in [0.4, 0.5) is 10.1 Å². The fourth-order valence-corrected chi connectivity index (χ4v) is 1.82. The number of carbonyl (C=O) groups is 1. The number of nitrogen functional groups attached to an aromatic ring is 1. The van der Waals surface area contributed by atoms with Crippen LogP contribution in [0.15, 0.2) is 41.1 Å². The summed E-state index contributed by atoms with van der Waals surface area (Å²) in [5.74, 6) is -1.10. The molecule has 0 radical (unpaired) electrons. The number of hydrogen-bond acceptors (Lipinski definition) is 3. The van der Waals surface area contributed by atoms with Crippen LogP contribution in [0.1, 0.15) is 15.9 Å². The minimum atomic E-state index is -0.653. The van der Waals surface area contributed by atoms with Gasteiger partial charge in [0.15, 0.2) is 11.6 Å². The Balaban J connectivity index is 2.48. The van der Waals surface area contributed by atoms with Crippen molar-refractivity contribution in [1.29, 1.82) is 0 Å². The van der Waals surface area contributed by atoms with Crippen LogP contribution in [-0.2, 0) is 0 Å². The van der Waals surface area contributed by atoms with Crippen LogP contribution in [0, 0.1) is 5.82 Å². The van der Waals surface area contributed by atoms with Gasteiger partial charge in [0.05, 0.1) is 11.8 Å².